The van der Waals surface area contributed by atoms with E-state index >= 15 is 0 Å². The number of rotatable bonds is 7. The number of nitrogens with one attached hydrogen (secondary N) is 2. The zero-order valence-electron chi connectivity index (χ0n) is 16.5. The minimum absolute atomic E-state index is 0.112. The summed E-state index contributed by atoms with van der Waals surface area (Å²) in [6.45, 7) is 4.27. The van der Waals surface area contributed by atoms with Gasteiger partial charge in [0.1, 0.15) is 5.75 Å². The maximum absolute atomic E-state index is 12.5. The molecule has 0 heterocycles. The fourth-order valence-corrected chi connectivity index (χ4v) is 4.06. The van der Waals surface area contributed by atoms with Crippen LogP contribution in [0.2, 0.25) is 5.02 Å². The van der Waals surface area contributed by atoms with Crippen LogP contribution in [-0.4, -0.2) is 20.9 Å². The summed E-state index contributed by atoms with van der Waals surface area (Å²) >= 11 is 6.23. The molecule has 0 atom stereocenters. The molecule has 0 saturated carbocycles. The Kier molecular flexibility index (Phi) is 6.64. The second-order valence-corrected chi connectivity index (χ2v) is 8.62. The quantitative estimate of drug-likeness (QED) is 0.531. The first-order chi connectivity index (χ1) is 14.3. The Hall–Kier alpha value is -3.03. The lowest BCUT2D eigenvalue weighted by Gasteiger charge is -2.12. The van der Waals surface area contributed by atoms with Crippen molar-refractivity contribution in [2.24, 2.45) is 0 Å². The van der Waals surface area contributed by atoms with E-state index in [1.165, 1.54) is 30.3 Å². The van der Waals surface area contributed by atoms with Gasteiger partial charge in [0.15, 0.2) is 0 Å². The summed E-state index contributed by atoms with van der Waals surface area (Å²) in [6.07, 6.45) is 0. The van der Waals surface area contributed by atoms with Crippen LogP contribution in [0.4, 0.5) is 11.4 Å². The van der Waals surface area contributed by atoms with E-state index in [2.05, 4.69) is 10.0 Å². The van der Waals surface area contributed by atoms with Crippen LogP contribution in [-0.2, 0) is 10.0 Å². The number of halogens is 1. The number of ether oxygens (including phenoxy) is 1. The summed E-state index contributed by atoms with van der Waals surface area (Å²) in [5, 5.41) is 2.88. The van der Waals surface area contributed by atoms with Crippen LogP contribution in [0, 0.1) is 6.92 Å². The second kappa shape index (κ2) is 9.19. The smallest absolute Gasteiger partial charge is 0.261 e. The van der Waals surface area contributed by atoms with Gasteiger partial charge in [-0.1, -0.05) is 35.4 Å². The number of anilines is 2. The van der Waals surface area contributed by atoms with Crippen molar-refractivity contribution in [3.8, 4) is 5.75 Å². The van der Waals surface area contributed by atoms with E-state index in [9.17, 15) is 13.2 Å². The lowest BCUT2D eigenvalue weighted by atomic mass is 10.2. The SMILES string of the molecule is CCOc1cccc(NC(=O)c2ccc(NS(=O)(=O)c3ccc(C)cc3)c(Cl)c2)c1. The summed E-state index contributed by atoms with van der Waals surface area (Å²) < 4.78 is 33.0. The average Bonchev–Trinajstić information content (AvgIpc) is 2.70. The van der Waals surface area contributed by atoms with Gasteiger partial charge >= 0.3 is 0 Å². The Morgan fingerprint density at radius 1 is 1.03 bits per heavy atom. The molecule has 0 fully saturated rings. The first-order valence-corrected chi connectivity index (χ1v) is 11.1. The molecule has 0 saturated heterocycles. The van der Waals surface area contributed by atoms with E-state index in [0.717, 1.165) is 5.56 Å². The highest BCUT2D eigenvalue weighted by Gasteiger charge is 2.17. The van der Waals surface area contributed by atoms with Crippen molar-refractivity contribution in [2.45, 2.75) is 18.7 Å². The minimum atomic E-state index is -3.79. The molecule has 0 radical (unpaired) electrons. The van der Waals surface area contributed by atoms with Crippen LogP contribution in [0.15, 0.2) is 71.6 Å². The number of aryl methyl sites for hydroxylation is 1. The van der Waals surface area contributed by atoms with E-state index in [1.54, 1.807) is 36.4 Å². The zero-order chi connectivity index (χ0) is 21.7. The van der Waals surface area contributed by atoms with Crippen LogP contribution in [0.25, 0.3) is 0 Å². The molecule has 3 aromatic rings. The van der Waals surface area contributed by atoms with Crippen molar-refractivity contribution in [1.29, 1.82) is 0 Å². The number of hydrogen-bond donors (Lipinski definition) is 2. The Labute approximate surface area is 180 Å². The average molecular weight is 445 g/mol. The van der Waals surface area contributed by atoms with Crippen molar-refractivity contribution in [1.82, 2.24) is 0 Å². The van der Waals surface area contributed by atoms with Gasteiger partial charge in [-0.15, -0.1) is 0 Å². The number of hydrogen-bond acceptors (Lipinski definition) is 4. The number of carbonyl (C=O) groups is 1. The molecule has 0 aliphatic carbocycles. The summed E-state index contributed by atoms with van der Waals surface area (Å²) in [5.41, 5.74) is 2.01. The summed E-state index contributed by atoms with van der Waals surface area (Å²) in [7, 11) is -3.79. The molecular formula is C22H21ClN2O4S. The molecule has 2 N–H and O–H groups in total. The van der Waals surface area contributed by atoms with Gasteiger partial charge in [0, 0.05) is 17.3 Å². The normalized spacial score (nSPS) is 11.0. The van der Waals surface area contributed by atoms with Crippen molar-refractivity contribution < 1.29 is 17.9 Å². The molecule has 3 aromatic carbocycles. The van der Waals surface area contributed by atoms with Gasteiger partial charge in [-0.3, -0.25) is 9.52 Å². The molecule has 0 aliphatic rings. The Morgan fingerprint density at radius 3 is 2.43 bits per heavy atom. The van der Waals surface area contributed by atoms with Gasteiger partial charge in [-0.25, -0.2) is 8.42 Å². The highest BCUT2D eigenvalue weighted by Crippen LogP contribution is 2.27. The van der Waals surface area contributed by atoms with Crippen LogP contribution in [0.3, 0.4) is 0 Å². The molecule has 6 nitrogen and oxygen atoms in total. The Morgan fingerprint density at radius 2 is 1.77 bits per heavy atom. The van der Waals surface area contributed by atoms with Gasteiger partial charge in [0.05, 0.1) is 22.2 Å². The molecular weight excluding hydrogens is 424 g/mol. The second-order valence-electron chi connectivity index (χ2n) is 6.53. The third-order valence-corrected chi connectivity index (χ3v) is 5.90. The predicted molar refractivity (Wildman–Crippen MR) is 119 cm³/mol. The Bertz CT molecular complexity index is 1160. The summed E-state index contributed by atoms with van der Waals surface area (Å²) in [5.74, 6) is 0.271. The van der Waals surface area contributed by atoms with Crippen LogP contribution in [0.5, 0.6) is 5.75 Å². The molecule has 156 valence electrons. The fourth-order valence-electron chi connectivity index (χ4n) is 2.69. The third kappa shape index (κ3) is 5.31. The van der Waals surface area contributed by atoms with Gasteiger partial charge in [-0.05, 0) is 56.3 Å². The topological polar surface area (TPSA) is 84.5 Å². The monoisotopic (exact) mass is 444 g/mol. The number of carbonyl (C=O) groups excluding carboxylic acids is 1. The molecule has 0 bridgehead atoms. The molecule has 0 unspecified atom stereocenters. The van der Waals surface area contributed by atoms with Crippen molar-refractivity contribution in [3.63, 3.8) is 0 Å². The molecule has 0 aromatic heterocycles. The standard InChI is InChI=1S/C22H21ClN2O4S/c1-3-29-18-6-4-5-17(14-18)24-22(26)16-9-12-21(20(23)13-16)25-30(27,28)19-10-7-15(2)8-11-19/h4-14,25H,3H2,1-2H3,(H,24,26). The molecule has 0 aliphatic heterocycles. The maximum Gasteiger partial charge on any atom is 0.261 e. The molecule has 0 spiro atoms. The third-order valence-electron chi connectivity index (χ3n) is 4.21. The molecule has 1 amide bonds. The van der Waals surface area contributed by atoms with E-state index in [-0.39, 0.29) is 21.5 Å². The molecule has 3 rings (SSSR count). The molecule has 30 heavy (non-hydrogen) atoms. The molecule has 8 heteroatoms. The maximum atomic E-state index is 12.5. The van der Waals surface area contributed by atoms with E-state index in [0.29, 0.717) is 23.6 Å². The van der Waals surface area contributed by atoms with Crippen LogP contribution >= 0.6 is 11.6 Å². The van der Waals surface area contributed by atoms with E-state index < -0.39 is 10.0 Å². The summed E-state index contributed by atoms with van der Waals surface area (Å²) in [6, 6.07) is 17.9. The van der Waals surface area contributed by atoms with Gasteiger partial charge in [0.2, 0.25) is 0 Å². The zero-order valence-corrected chi connectivity index (χ0v) is 18.0. The predicted octanol–water partition coefficient (Wildman–Crippen LogP) is 5.10. The van der Waals surface area contributed by atoms with E-state index in [4.69, 9.17) is 16.3 Å². The number of benzene rings is 3. The van der Waals surface area contributed by atoms with Crippen molar-refractivity contribution in [2.75, 3.05) is 16.6 Å². The summed E-state index contributed by atoms with van der Waals surface area (Å²) in [4.78, 5) is 12.7. The highest BCUT2D eigenvalue weighted by molar-refractivity contribution is 7.92. The van der Waals surface area contributed by atoms with Crippen molar-refractivity contribution >= 4 is 38.9 Å². The number of sulfonamides is 1. The number of amides is 1. The van der Waals surface area contributed by atoms with Crippen molar-refractivity contribution in [3.05, 3.63) is 82.9 Å². The highest BCUT2D eigenvalue weighted by atomic mass is 35.5. The first kappa shape index (κ1) is 21.7. The fraction of sp³-hybridized carbons (Fsp3) is 0.136. The van der Waals surface area contributed by atoms with Crippen LogP contribution < -0.4 is 14.8 Å². The minimum Gasteiger partial charge on any atom is -0.494 e. The van der Waals surface area contributed by atoms with Gasteiger partial charge in [-0.2, -0.15) is 0 Å². The van der Waals surface area contributed by atoms with Gasteiger partial charge < -0.3 is 10.1 Å². The lowest BCUT2D eigenvalue weighted by Crippen LogP contribution is -2.15. The van der Waals surface area contributed by atoms with Gasteiger partial charge in [0.25, 0.3) is 15.9 Å². The largest absolute Gasteiger partial charge is 0.494 e. The Balaban J connectivity index is 1.75. The van der Waals surface area contributed by atoms with Crippen LogP contribution in [0.1, 0.15) is 22.8 Å². The first-order valence-electron chi connectivity index (χ1n) is 9.22. The van der Waals surface area contributed by atoms with E-state index in [1.807, 2.05) is 13.8 Å². The lowest BCUT2D eigenvalue weighted by molar-refractivity contribution is 0.102.